The number of carbonyl (C=O) groups is 2. The Morgan fingerprint density at radius 2 is 1.64 bits per heavy atom. The van der Waals surface area contributed by atoms with E-state index in [-0.39, 0.29) is 25.4 Å². The molecule has 0 saturated carbocycles. The van der Waals surface area contributed by atoms with E-state index in [0.717, 1.165) is 33.7 Å². The Morgan fingerprint density at radius 1 is 0.929 bits per heavy atom. The van der Waals surface area contributed by atoms with E-state index < -0.39 is 29.6 Å². The van der Waals surface area contributed by atoms with Gasteiger partial charge in [0.05, 0.1) is 5.52 Å². The third-order valence-corrected chi connectivity index (χ3v) is 6.68. The molecule has 9 heteroatoms. The molecule has 4 rings (SSSR count). The van der Waals surface area contributed by atoms with Crippen LogP contribution in [-0.4, -0.2) is 39.9 Å². The first kappa shape index (κ1) is 30.0. The molecule has 0 spiro atoms. The van der Waals surface area contributed by atoms with E-state index in [2.05, 4.69) is 0 Å². The second kappa shape index (κ2) is 14.1. The minimum Gasteiger partial charge on any atom is -0.490 e. The molecule has 0 aliphatic rings. The van der Waals surface area contributed by atoms with Crippen LogP contribution in [0.2, 0.25) is 0 Å². The summed E-state index contributed by atoms with van der Waals surface area (Å²) in [5, 5.41) is 19.6. The first-order valence-corrected chi connectivity index (χ1v) is 13.4. The number of hydrogen-bond donors (Lipinski definition) is 2. The Hall–Kier alpha value is -4.92. The number of hydrogen-bond acceptors (Lipinski definition) is 4. The van der Waals surface area contributed by atoms with Crippen molar-refractivity contribution in [3.63, 3.8) is 0 Å². The fourth-order valence-corrected chi connectivity index (χ4v) is 4.47. The smallest absolute Gasteiger partial charge is 0.326 e. The summed E-state index contributed by atoms with van der Waals surface area (Å²) in [6, 6.07) is 16.1. The summed E-state index contributed by atoms with van der Waals surface area (Å²) in [6.45, 7) is 1.95. The molecule has 42 heavy (non-hydrogen) atoms. The van der Waals surface area contributed by atoms with Crippen LogP contribution in [-0.2, 0) is 16.0 Å². The Morgan fingerprint density at radius 3 is 2.36 bits per heavy atom. The number of carboxylic acids is 2. The van der Waals surface area contributed by atoms with Gasteiger partial charge in [0.25, 0.3) is 0 Å². The second-order valence-corrected chi connectivity index (χ2v) is 9.61. The van der Waals surface area contributed by atoms with Crippen LogP contribution in [0.1, 0.15) is 42.5 Å². The van der Waals surface area contributed by atoms with E-state index >= 15 is 0 Å². The Labute approximate surface area is 241 Å². The van der Waals surface area contributed by atoms with Gasteiger partial charge in [-0.3, -0.25) is 4.79 Å². The summed E-state index contributed by atoms with van der Waals surface area (Å²) >= 11 is 0. The number of benzene rings is 3. The summed E-state index contributed by atoms with van der Waals surface area (Å²) in [6.07, 6.45) is 10.1. The molecule has 218 valence electrons. The van der Waals surface area contributed by atoms with E-state index in [9.17, 15) is 23.5 Å². The number of rotatable bonds is 14. The number of fused-ring (bicyclic) bond motifs is 1. The number of aromatic nitrogens is 1. The van der Waals surface area contributed by atoms with E-state index in [0.29, 0.717) is 18.6 Å². The third kappa shape index (κ3) is 7.63. The van der Waals surface area contributed by atoms with Crippen LogP contribution in [0.3, 0.4) is 0 Å². The molecule has 1 aromatic heterocycles. The fraction of sp³-hybridized carbons (Fsp3) is 0.212. The molecule has 0 aliphatic carbocycles. The minimum absolute atomic E-state index is 0.0446. The monoisotopic (exact) mass is 575 g/mol. The SMILES string of the molecule is CC(C(=O)O)n1cc(CCCC(=O)O)c2cccc(C=Cc3ccc(OC/C=C/COc4cccc(F)c4F)cc3)c21. The van der Waals surface area contributed by atoms with Gasteiger partial charge in [-0.25, -0.2) is 9.18 Å². The molecule has 0 fully saturated rings. The van der Waals surface area contributed by atoms with Gasteiger partial charge in [-0.1, -0.05) is 48.6 Å². The van der Waals surface area contributed by atoms with Crippen molar-refractivity contribution in [3.8, 4) is 11.5 Å². The van der Waals surface area contributed by atoms with Crippen LogP contribution in [0.15, 0.2) is 79.0 Å². The van der Waals surface area contributed by atoms with Crippen LogP contribution in [0.4, 0.5) is 8.78 Å². The van der Waals surface area contributed by atoms with Crippen molar-refractivity contribution in [2.75, 3.05) is 13.2 Å². The minimum atomic E-state index is -1.02. The quantitative estimate of drug-likeness (QED) is 0.122. The van der Waals surface area contributed by atoms with Crippen LogP contribution in [0.5, 0.6) is 11.5 Å². The zero-order valence-corrected chi connectivity index (χ0v) is 23.0. The molecule has 0 amide bonds. The molecule has 1 heterocycles. The van der Waals surface area contributed by atoms with Gasteiger partial charge in [-0.2, -0.15) is 4.39 Å². The van der Waals surface area contributed by atoms with Crippen molar-refractivity contribution < 1.29 is 38.1 Å². The molecule has 1 unspecified atom stereocenters. The lowest BCUT2D eigenvalue weighted by molar-refractivity contribution is -0.140. The Balaban J connectivity index is 1.40. The lowest BCUT2D eigenvalue weighted by Crippen LogP contribution is -2.14. The zero-order chi connectivity index (χ0) is 30.1. The van der Waals surface area contributed by atoms with Gasteiger partial charge in [-0.05, 0) is 72.9 Å². The summed E-state index contributed by atoms with van der Waals surface area (Å²) < 4.78 is 39.5. The highest BCUT2D eigenvalue weighted by atomic mass is 19.2. The maximum Gasteiger partial charge on any atom is 0.326 e. The molecule has 0 saturated heterocycles. The van der Waals surface area contributed by atoms with Gasteiger partial charge in [0.2, 0.25) is 5.82 Å². The summed E-state index contributed by atoms with van der Waals surface area (Å²) in [4.78, 5) is 22.8. The molecule has 3 aromatic carbocycles. The predicted octanol–water partition coefficient (Wildman–Crippen LogP) is 7.16. The lowest BCUT2D eigenvalue weighted by Gasteiger charge is -2.12. The molecule has 2 N–H and O–H groups in total. The molecule has 7 nitrogen and oxygen atoms in total. The maximum absolute atomic E-state index is 13.6. The first-order valence-electron chi connectivity index (χ1n) is 13.4. The van der Waals surface area contributed by atoms with E-state index in [1.54, 1.807) is 23.6 Å². The topological polar surface area (TPSA) is 98.0 Å². The van der Waals surface area contributed by atoms with Crippen LogP contribution in [0.25, 0.3) is 23.1 Å². The van der Waals surface area contributed by atoms with Crippen molar-refractivity contribution in [1.82, 2.24) is 4.57 Å². The van der Waals surface area contributed by atoms with E-state index in [1.165, 1.54) is 12.1 Å². The number of halogens is 2. The third-order valence-electron chi connectivity index (χ3n) is 6.68. The molecule has 0 radical (unpaired) electrons. The highest BCUT2D eigenvalue weighted by molar-refractivity contribution is 5.94. The molecule has 1 atom stereocenters. The van der Waals surface area contributed by atoms with Gasteiger partial charge >= 0.3 is 11.9 Å². The number of ether oxygens (including phenoxy) is 2. The normalized spacial score (nSPS) is 12.3. The van der Waals surface area contributed by atoms with E-state index in [1.807, 2.05) is 60.8 Å². The second-order valence-electron chi connectivity index (χ2n) is 9.61. The van der Waals surface area contributed by atoms with Crippen molar-refractivity contribution >= 4 is 35.0 Å². The van der Waals surface area contributed by atoms with Gasteiger partial charge in [-0.15, -0.1) is 0 Å². The lowest BCUT2D eigenvalue weighted by atomic mass is 10.0. The van der Waals surface area contributed by atoms with Crippen LogP contribution in [0, 0.1) is 11.6 Å². The van der Waals surface area contributed by atoms with Gasteiger partial charge in [0.1, 0.15) is 25.0 Å². The highest BCUT2D eigenvalue weighted by Gasteiger charge is 2.19. The van der Waals surface area contributed by atoms with Crippen molar-refractivity contribution in [1.29, 1.82) is 0 Å². The molecule has 4 aromatic rings. The number of nitrogens with zero attached hydrogens (tertiary/aromatic N) is 1. The number of aryl methyl sites for hydroxylation is 1. The first-order chi connectivity index (χ1) is 20.2. The van der Waals surface area contributed by atoms with Gasteiger partial charge < -0.3 is 24.3 Å². The van der Waals surface area contributed by atoms with Crippen molar-refractivity contribution in [2.24, 2.45) is 0 Å². The summed E-state index contributed by atoms with van der Waals surface area (Å²) in [5.41, 5.74) is 3.45. The molecule has 0 bridgehead atoms. The van der Waals surface area contributed by atoms with Gasteiger partial charge in [0.15, 0.2) is 11.6 Å². The Kier molecular flexibility index (Phi) is 10.1. The molecule has 0 aliphatic heterocycles. The predicted molar refractivity (Wildman–Crippen MR) is 157 cm³/mol. The van der Waals surface area contributed by atoms with Crippen LogP contribution >= 0.6 is 0 Å². The maximum atomic E-state index is 13.6. The zero-order valence-electron chi connectivity index (χ0n) is 23.0. The van der Waals surface area contributed by atoms with Crippen molar-refractivity contribution in [3.05, 3.63) is 107 Å². The summed E-state index contributed by atoms with van der Waals surface area (Å²) in [7, 11) is 0. The number of para-hydroxylation sites is 1. The van der Waals surface area contributed by atoms with Crippen LogP contribution < -0.4 is 9.47 Å². The Bertz CT molecular complexity index is 1610. The summed E-state index contributed by atoms with van der Waals surface area (Å²) in [5.74, 6) is -3.31. The van der Waals surface area contributed by atoms with Gasteiger partial charge in [0, 0.05) is 18.0 Å². The standard InChI is InChI=1S/C33H31F2NO6/c1-22(33(39)40)36-21-25(8-5-12-30(37)38)27-9-4-7-24(32(27)36)16-13-23-14-17-26(18-15-23)41-19-2-3-20-42-29-11-6-10-28(34)31(29)35/h2-4,6-7,9-11,13-18,21-22H,5,8,12,19-20H2,1H3,(H,37,38)(H,39,40)/b3-2+,16-13?. The molecular weight excluding hydrogens is 544 g/mol. The largest absolute Gasteiger partial charge is 0.490 e. The average Bonchev–Trinajstić information content (AvgIpc) is 3.35. The van der Waals surface area contributed by atoms with Crippen molar-refractivity contribution in [2.45, 2.75) is 32.2 Å². The number of carboxylic acid groups (broad SMARTS) is 2. The number of aliphatic carboxylic acids is 2. The fourth-order valence-electron chi connectivity index (χ4n) is 4.47. The highest BCUT2D eigenvalue weighted by Crippen LogP contribution is 2.30. The van der Waals surface area contributed by atoms with E-state index in [4.69, 9.17) is 14.6 Å². The average molecular weight is 576 g/mol. The molecular formula is C33H31F2NO6.